The summed E-state index contributed by atoms with van der Waals surface area (Å²) in [6, 6.07) is 136. The second-order valence-corrected chi connectivity index (χ2v) is 29.9. The number of fused-ring (bicyclic) bond motifs is 22. The molecular formula is C106H64N8. The van der Waals surface area contributed by atoms with Crippen LogP contribution in [-0.4, -0.2) is 38.2 Å². The molecule has 25 rings (SSSR count). The van der Waals surface area contributed by atoms with Crippen LogP contribution < -0.4 is 0 Å². The van der Waals surface area contributed by atoms with Crippen molar-refractivity contribution < 1.29 is 0 Å². The Morgan fingerprint density at radius 3 is 0.930 bits per heavy atom. The highest BCUT2D eigenvalue weighted by molar-refractivity contribution is 6.28. The zero-order valence-corrected chi connectivity index (χ0v) is 61.5. The largest absolute Gasteiger partial charge is 0.309 e. The number of hydrogen-bond donors (Lipinski definition) is 0. The van der Waals surface area contributed by atoms with Crippen molar-refractivity contribution in [2.75, 3.05) is 0 Å². The van der Waals surface area contributed by atoms with E-state index in [0.29, 0.717) is 0 Å². The Balaban J connectivity index is 0.000000132. The summed E-state index contributed by atoms with van der Waals surface area (Å²) in [5.74, 6) is 0. The summed E-state index contributed by atoms with van der Waals surface area (Å²) < 4.78 is 9.72. The molecule has 0 unspecified atom stereocenters. The van der Waals surface area contributed by atoms with Crippen LogP contribution >= 0.6 is 0 Å². The Morgan fingerprint density at radius 2 is 0.482 bits per heavy atom. The Kier molecular flexibility index (Phi) is 14.0. The molecule has 0 aliphatic carbocycles. The number of aromatic nitrogens is 8. The number of hydrogen-bond acceptors (Lipinski definition) is 4. The lowest BCUT2D eigenvalue weighted by Crippen LogP contribution is -2.00. The molecule has 0 saturated carbocycles. The molecule has 0 spiro atoms. The monoisotopic (exact) mass is 1450 g/mol. The molecule has 0 radical (unpaired) electrons. The van der Waals surface area contributed by atoms with Crippen molar-refractivity contribution in [3.05, 3.63) is 389 Å². The first-order valence-corrected chi connectivity index (χ1v) is 38.9. The summed E-state index contributed by atoms with van der Waals surface area (Å²) in [4.78, 5) is 20.0. The van der Waals surface area contributed by atoms with Crippen molar-refractivity contribution in [2.24, 2.45) is 0 Å². The van der Waals surface area contributed by atoms with Gasteiger partial charge in [0.2, 0.25) is 0 Å². The van der Waals surface area contributed by atoms with Crippen molar-refractivity contribution >= 4 is 174 Å². The number of benzene rings is 17. The van der Waals surface area contributed by atoms with Crippen LogP contribution in [0.1, 0.15) is 0 Å². The second-order valence-electron chi connectivity index (χ2n) is 29.9. The quantitative estimate of drug-likeness (QED) is 0.118. The van der Waals surface area contributed by atoms with E-state index >= 15 is 0 Å². The van der Waals surface area contributed by atoms with Gasteiger partial charge in [0.1, 0.15) is 0 Å². The summed E-state index contributed by atoms with van der Waals surface area (Å²) in [6.07, 6.45) is 3.72. The standard InChI is InChI=1S/C54H32N4.C52H32N4/c1-3-20-40-38(18-1)50(51-42-22-5-9-23-45(42)56-53-43(51)29-27-33-14-13-31-55-52(33)53)39-19-2-4-21-41(39)54(40)58-48-26-12-8-17-37(48)44-32-34(28-30-49(44)58)57-46-24-10-6-15-35(46)36-16-7-11-25-47(36)57;1-5-15-45-42(14-1)50(43-29-25-36-10-9-31-53-51(36)52(43)54-45)35-21-19-33(20-22-35)34-23-26-37(27-24-34)55-48-18-8-4-13-41(48)44-32-38(28-30-49(44)55)56-46-16-6-2-11-39(46)40-12-3-7-17-47(40)56/h1-32H;1-32H. The van der Waals surface area contributed by atoms with E-state index in [-0.39, 0.29) is 0 Å². The molecule has 17 aromatic carbocycles. The van der Waals surface area contributed by atoms with E-state index in [2.05, 4.69) is 382 Å². The topological polar surface area (TPSA) is 71.3 Å². The molecule has 8 heteroatoms. The summed E-state index contributed by atoms with van der Waals surface area (Å²) >= 11 is 0. The van der Waals surface area contributed by atoms with Crippen LogP contribution in [0.3, 0.4) is 0 Å². The molecule has 0 amide bonds. The fourth-order valence-corrected chi connectivity index (χ4v) is 18.9. The molecule has 8 aromatic heterocycles. The lowest BCUT2D eigenvalue weighted by atomic mass is 9.87. The maximum absolute atomic E-state index is 5.27. The van der Waals surface area contributed by atoms with Gasteiger partial charge < -0.3 is 18.3 Å². The molecule has 0 bridgehead atoms. The van der Waals surface area contributed by atoms with Gasteiger partial charge >= 0.3 is 0 Å². The van der Waals surface area contributed by atoms with Crippen LogP contribution in [-0.2, 0) is 0 Å². The molecule has 8 heterocycles. The molecule has 0 aliphatic rings. The van der Waals surface area contributed by atoms with Crippen LogP contribution in [0.25, 0.3) is 230 Å². The van der Waals surface area contributed by atoms with Crippen molar-refractivity contribution in [3.63, 3.8) is 0 Å². The van der Waals surface area contributed by atoms with Gasteiger partial charge in [0, 0.05) is 127 Å². The van der Waals surface area contributed by atoms with E-state index in [4.69, 9.17) is 19.9 Å². The van der Waals surface area contributed by atoms with Crippen LogP contribution in [0.5, 0.6) is 0 Å². The van der Waals surface area contributed by atoms with Crippen LogP contribution in [0.2, 0.25) is 0 Å². The molecule has 0 atom stereocenters. The van der Waals surface area contributed by atoms with Gasteiger partial charge in [0.25, 0.3) is 0 Å². The highest BCUT2D eigenvalue weighted by atomic mass is 15.0. The van der Waals surface area contributed by atoms with Gasteiger partial charge in [0.15, 0.2) is 0 Å². The minimum absolute atomic E-state index is 0.919. The second kappa shape index (κ2) is 25.1. The number of nitrogens with zero attached hydrogens (tertiary/aromatic N) is 8. The Morgan fingerprint density at radius 1 is 0.175 bits per heavy atom. The molecule has 114 heavy (non-hydrogen) atoms. The SMILES string of the molecule is c1cnc2c(c1)ccc1c(-c3c4ccccc4c(-n4c5ccccc5c5cc(-n6c7ccccc7c7ccccc76)ccc54)c4ccccc34)c3ccccc3nc12.c1cnc2c(c1)ccc1c(-c3ccc(-c4ccc(-n5c6ccccc6c6cc(-n7c8ccccc8c8ccccc87)ccc65)cc4)cc3)c3ccccc3nc12. The Hall–Kier alpha value is -15.4. The third kappa shape index (κ3) is 9.52. The third-order valence-electron chi connectivity index (χ3n) is 23.8. The molecule has 0 N–H and O–H groups in total. The van der Waals surface area contributed by atoms with E-state index < -0.39 is 0 Å². The zero-order valence-electron chi connectivity index (χ0n) is 61.5. The third-order valence-corrected chi connectivity index (χ3v) is 23.8. The van der Waals surface area contributed by atoms with Gasteiger partial charge in [-0.3, -0.25) is 9.97 Å². The number of pyridine rings is 4. The number of para-hydroxylation sites is 8. The molecule has 0 fully saturated rings. The molecule has 0 aliphatic heterocycles. The van der Waals surface area contributed by atoms with Gasteiger partial charge in [-0.15, -0.1) is 0 Å². The Labute approximate surface area is 652 Å². The maximum atomic E-state index is 5.27. The van der Waals surface area contributed by atoms with E-state index in [1.165, 1.54) is 142 Å². The molecule has 8 nitrogen and oxygen atoms in total. The highest BCUT2D eigenvalue weighted by Gasteiger charge is 2.26. The average Bonchev–Trinajstić information content (AvgIpc) is 1.26. The van der Waals surface area contributed by atoms with Crippen molar-refractivity contribution in [2.45, 2.75) is 0 Å². The van der Waals surface area contributed by atoms with E-state index in [9.17, 15) is 0 Å². The van der Waals surface area contributed by atoms with E-state index in [0.717, 1.165) is 88.0 Å². The predicted octanol–water partition coefficient (Wildman–Crippen LogP) is 27.6. The van der Waals surface area contributed by atoms with Crippen LogP contribution in [0, 0.1) is 0 Å². The van der Waals surface area contributed by atoms with E-state index in [1.54, 1.807) is 0 Å². The summed E-state index contributed by atoms with van der Waals surface area (Å²) in [7, 11) is 0. The lowest BCUT2D eigenvalue weighted by molar-refractivity contribution is 1.17. The van der Waals surface area contributed by atoms with Gasteiger partial charge in [0.05, 0.1) is 82.9 Å². The minimum atomic E-state index is 0.919. The van der Waals surface area contributed by atoms with Crippen molar-refractivity contribution in [1.29, 1.82) is 0 Å². The van der Waals surface area contributed by atoms with Gasteiger partial charge in [-0.1, -0.05) is 267 Å². The van der Waals surface area contributed by atoms with Crippen LogP contribution in [0.4, 0.5) is 0 Å². The first-order chi connectivity index (χ1) is 56.6. The minimum Gasteiger partial charge on any atom is -0.309 e. The van der Waals surface area contributed by atoms with E-state index in [1.807, 2.05) is 24.5 Å². The van der Waals surface area contributed by atoms with Gasteiger partial charge in [-0.25, -0.2) is 9.97 Å². The fraction of sp³-hybridized carbons (Fsp3) is 0. The fourth-order valence-electron chi connectivity index (χ4n) is 18.9. The van der Waals surface area contributed by atoms with Crippen molar-refractivity contribution in [1.82, 2.24) is 38.2 Å². The normalized spacial score (nSPS) is 12.0. The van der Waals surface area contributed by atoms with Crippen LogP contribution in [0.15, 0.2) is 389 Å². The first-order valence-electron chi connectivity index (χ1n) is 38.9. The lowest BCUT2D eigenvalue weighted by Gasteiger charge is -2.21. The molecule has 0 saturated heterocycles. The summed E-state index contributed by atoms with van der Waals surface area (Å²) in [6.45, 7) is 0. The Bertz CT molecular complexity index is 8200. The molecule has 528 valence electrons. The summed E-state index contributed by atoms with van der Waals surface area (Å²) in [5.41, 5.74) is 26.9. The first kappa shape index (κ1) is 63.5. The number of rotatable bonds is 7. The summed E-state index contributed by atoms with van der Waals surface area (Å²) in [5, 5.41) is 21.4. The maximum Gasteiger partial charge on any atom is 0.0978 e. The van der Waals surface area contributed by atoms with Gasteiger partial charge in [-0.2, -0.15) is 0 Å². The van der Waals surface area contributed by atoms with Crippen molar-refractivity contribution in [3.8, 4) is 56.1 Å². The smallest absolute Gasteiger partial charge is 0.0978 e. The zero-order chi connectivity index (χ0) is 74.6. The predicted molar refractivity (Wildman–Crippen MR) is 478 cm³/mol. The van der Waals surface area contributed by atoms with Gasteiger partial charge in [-0.05, 0) is 142 Å². The molecule has 25 aromatic rings. The molecular weight excluding hydrogens is 1390 g/mol. The highest BCUT2D eigenvalue weighted by Crippen LogP contribution is 2.50. The average molecular weight is 1450 g/mol.